The third-order valence-electron chi connectivity index (χ3n) is 6.38. The molecule has 0 amide bonds. The summed E-state index contributed by atoms with van der Waals surface area (Å²) in [6.07, 6.45) is 6.38. The van der Waals surface area contributed by atoms with E-state index >= 15 is 0 Å². The van der Waals surface area contributed by atoms with Crippen molar-refractivity contribution in [3.8, 4) is 23.0 Å². The fourth-order valence-electron chi connectivity index (χ4n) is 4.38. The maximum Gasteiger partial charge on any atom is 0.302 e. The first-order valence-corrected chi connectivity index (χ1v) is 12.1. The minimum Gasteiger partial charge on any atom is -0.507 e. The number of aromatic hydroxyl groups is 4. The minimum atomic E-state index is -0.553. The number of allylic oxidation sites excluding steroid dienone is 6. The van der Waals surface area contributed by atoms with Crippen LogP contribution in [-0.2, 0) is 19.3 Å². The lowest BCUT2D eigenvalue weighted by Crippen LogP contribution is -2.05. The van der Waals surface area contributed by atoms with Crippen molar-refractivity contribution < 1.29 is 29.3 Å². The highest BCUT2D eigenvalue weighted by Gasteiger charge is 2.27. The lowest BCUT2D eigenvalue weighted by atomic mass is 9.96. The molecule has 7 heteroatoms. The molecule has 0 spiro atoms. The van der Waals surface area contributed by atoms with Gasteiger partial charge in [-0.2, -0.15) is 0 Å². The number of phenolic OH excluding ortho intramolecular Hbond substituents is 4. The SMILES string of the molecule is CC(C)=CCc1c(O)c(CC=C(C)C)c2oc3oc4c(CC=C(C)C)c(O)c(O)cc4c3c(=O)c2c1O. The van der Waals surface area contributed by atoms with Crippen LogP contribution in [-0.4, -0.2) is 20.4 Å². The Hall–Kier alpha value is -4.13. The second-order valence-corrected chi connectivity index (χ2v) is 10.1. The minimum absolute atomic E-state index is 0.0318. The highest BCUT2D eigenvalue weighted by atomic mass is 16.5. The molecule has 0 bridgehead atoms. The fraction of sp³-hybridized carbons (Fsp3) is 0.300. The monoisotopic (exact) mass is 504 g/mol. The van der Waals surface area contributed by atoms with Crippen LogP contribution in [0.3, 0.4) is 0 Å². The third-order valence-corrected chi connectivity index (χ3v) is 6.38. The molecule has 0 unspecified atom stereocenters. The Bertz CT molecular complexity index is 1700. The molecule has 7 nitrogen and oxygen atoms in total. The first-order chi connectivity index (χ1) is 17.4. The van der Waals surface area contributed by atoms with Crippen molar-refractivity contribution in [3.05, 3.63) is 67.9 Å². The van der Waals surface area contributed by atoms with Gasteiger partial charge >= 0.3 is 5.78 Å². The molecule has 194 valence electrons. The van der Waals surface area contributed by atoms with Crippen LogP contribution in [0.15, 0.2) is 54.6 Å². The number of phenols is 4. The number of rotatable bonds is 6. The van der Waals surface area contributed by atoms with Gasteiger partial charge in [-0.1, -0.05) is 34.9 Å². The Morgan fingerprint density at radius 3 is 1.70 bits per heavy atom. The molecule has 2 aromatic carbocycles. The number of fused-ring (bicyclic) bond motifs is 4. The lowest BCUT2D eigenvalue weighted by Gasteiger charge is -2.13. The molecular formula is C30H32O7. The van der Waals surface area contributed by atoms with E-state index in [-0.39, 0.29) is 75.2 Å². The van der Waals surface area contributed by atoms with Gasteiger partial charge in [-0.25, -0.2) is 0 Å². The summed E-state index contributed by atoms with van der Waals surface area (Å²) >= 11 is 0. The normalized spacial score (nSPS) is 11.3. The largest absolute Gasteiger partial charge is 0.507 e. The van der Waals surface area contributed by atoms with Crippen molar-refractivity contribution in [2.75, 3.05) is 0 Å². The molecule has 0 fully saturated rings. The van der Waals surface area contributed by atoms with Crippen LogP contribution in [0, 0.1) is 0 Å². The zero-order valence-corrected chi connectivity index (χ0v) is 21.9. The maximum absolute atomic E-state index is 13.9. The van der Waals surface area contributed by atoms with Gasteiger partial charge in [0.1, 0.15) is 27.9 Å². The number of hydrogen-bond acceptors (Lipinski definition) is 7. The van der Waals surface area contributed by atoms with Crippen molar-refractivity contribution in [2.45, 2.75) is 60.8 Å². The fourth-order valence-corrected chi connectivity index (χ4v) is 4.38. The molecule has 2 aromatic heterocycles. The molecule has 2 heterocycles. The summed E-state index contributed by atoms with van der Waals surface area (Å²) in [7, 11) is 0. The van der Waals surface area contributed by atoms with Gasteiger partial charge < -0.3 is 29.3 Å². The average Bonchev–Trinajstić information content (AvgIpc) is 3.16. The van der Waals surface area contributed by atoms with Crippen molar-refractivity contribution in [1.82, 2.24) is 0 Å². The second-order valence-electron chi connectivity index (χ2n) is 10.1. The first-order valence-electron chi connectivity index (χ1n) is 12.1. The van der Waals surface area contributed by atoms with Gasteiger partial charge in [0.2, 0.25) is 5.43 Å². The molecule has 4 rings (SSSR count). The number of furan rings is 1. The standard InChI is InChI=1S/C30H32O7/c1-14(2)7-10-17-24(32)18(11-8-15(3)4)29-23(26(17)34)27(35)22-20-13-21(31)25(33)19(12-9-16(5)6)28(20)36-30(22)37-29/h7-9,13,31-34H,10-12H2,1-6H3. The van der Waals surface area contributed by atoms with E-state index in [1.165, 1.54) is 6.07 Å². The predicted octanol–water partition coefficient (Wildman–Crippen LogP) is 7.04. The van der Waals surface area contributed by atoms with E-state index in [0.717, 1.165) is 16.7 Å². The summed E-state index contributed by atoms with van der Waals surface area (Å²) < 4.78 is 12.0. The van der Waals surface area contributed by atoms with Crippen LogP contribution < -0.4 is 5.43 Å². The second kappa shape index (κ2) is 9.73. The summed E-state index contributed by atoms with van der Waals surface area (Å²) in [5, 5.41) is 43.6. The predicted molar refractivity (Wildman–Crippen MR) is 146 cm³/mol. The van der Waals surface area contributed by atoms with Crippen LogP contribution in [0.5, 0.6) is 23.0 Å². The molecule has 0 saturated heterocycles. The van der Waals surface area contributed by atoms with Gasteiger partial charge in [0.25, 0.3) is 0 Å². The molecule has 0 atom stereocenters. The van der Waals surface area contributed by atoms with Crippen LogP contribution in [0.2, 0.25) is 0 Å². The Balaban J connectivity index is 2.18. The molecular weight excluding hydrogens is 472 g/mol. The molecule has 0 aliphatic rings. The van der Waals surface area contributed by atoms with Gasteiger partial charge in [0.05, 0.1) is 0 Å². The van der Waals surface area contributed by atoms with Crippen molar-refractivity contribution in [1.29, 1.82) is 0 Å². The van der Waals surface area contributed by atoms with Crippen molar-refractivity contribution in [3.63, 3.8) is 0 Å². The van der Waals surface area contributed by atoms with Crippen LogP contribution in [0.1, 0.15) is 58.2 Å². The van der Waals surface area contributed by atoms with Gasteiger partial charge in [-0.3, -0.25) is 4.79 Å². The van der Waals surface area contributed by atoms with Crippen molar-refractivity contribution in [2.24, 2.45) is 0 Å². The molecule has 4 N–H and O–H groups in total. The maximum atomic E-state index is 13.9. The van der Waals surface area contributed by atoms with E-state index in [1.807, 2.05) is 59.8 Å². The van der Waals surface area contributed by atoms with E-state index < -0.39 is 11.2 Å². The van der Waals surface area contributed by atoms with Crippen LogP contribution in [0.25, 0.3) is 33.1 Å². The summed E-state index contributed by atoms with van der Waals surface area (Å²) in [6.45, 7) is 11.5. The number of hydrogen-bond donors (Lipinski definition) is 4. The Morgan fingerprint density at radius 2 is 1.16 bits per heavy atom. The zero-order valence-electron chi connectivity index (χ0n) is 21.9. The smallest absolute Gasteiger partial charge is 0.302 e. The van der Waals surface area contributed by atoms with Crippen molar-refractivity contribution >= 4 is 33.1 Å². The Morgan fingerprint density at radius 1 is 0.676 bits per heavy atom. The summed E-state index contributed by atoms with van der Waals surface area (Å²) in [5.41, 5.74) is 3.59. The average molecular weight is 505 g/mol. The Kier molecular flexibility index (Phi) is 6.82. The van der Waals surface area contributed by atoms with Gasteiger partial charge in [0.15, 0.2) is 17.1 Å². The molecule has 37 heavy (non-hydrogen) atoms. The van der Waals surface area contributed by atoms with Gasteiger partial charge in [-0.15, -0.1) is 0 Å². The molecule has 0 aliphatic carbocycles. The van der Waals surface area contributed by atoms with E-state index in [0.29, 0.717) is 11.1 Å². The lowest BCUT2D eigenvalue weighted by molar-refractivity contribution is 0.400. The van der Waals surface area contributed by atoms with Gasteiger partial charge in [0, 0.05) is 22.1 Å². The van der Waals surface area contributed by atoms with E-state index in [1.54, 1.807) is 0 Å². The zero-order chi connectivity index (χ0) is 27.2. The molecule has 0 aliphatic heterocycles. The van der Waals surface area contributed by atoms with E-state index in [4.69, 9.17) is 8.83 Å². The highest BCUT2D eigenvalue weighted by Crippen LogP contribution is 2.44. The van der Waals surface area contributed by atoms with Crippen LogP contribution >= 0.6 is 0 Å². The topological polar surface area (TPSA) is 124 Å². The molecule has 4 aromatic rings. The van der Waals surface area contributed by atoms with E-state index in [2.05, 4.69) is 0 Å². The third kappa shape index (κ3) is 4.57. The number of benzene rings is 2. The molecule has 0 radical (unpaired) electrons. The summed E-state index contributed by atoms with van der Waals surface area (Å²) in [5.74, 6) is -1.35. The van der Waals surface area contributed by atoms with E-state index in [9.17, 15) is 25.2 Å². The first kappa shape index (κ1) is 25.9. The quantitative estimate of drug-likeness (QED) is 0.164. The Labute approximate surface area is 214 Å². The van der Waals surface area contributed by atoms with Crippen LogP contribution in [0.4, 0.5) is 0 Å². The van der Waals surface area contributed by atoms with Gasteiger partial charge in [-0.05, 0) is 66.9 Å². The molecule has 0 saturated carbocycles. The summed E-state index contributed by atoms with van der Waals surface area (Å²) in [4.78, 5) is 13.9. The highest BCUT2D eigenvalue weighted by molar-refractivity contribution is 6.09. The summed E-state index contributed by atoms with van der Waals surface area (Å²) in [6, 6.07) is 1.26.